The van der Waals surface area contributed by atoms with E-state index >= 15 is 0 Å². The summed E-state index contributed by atoms with van der Waals surface area (Å²) >= 11 is 2.98. The van der Waals surface area contributed by atoms with E-state index in [1.54, 1.807) is 24.3 Å². The van der Waals surface area contributed by atoms with Crippen molar-refractivity contribution in [2.24, 2.45) is 0 Å². The highest BCUT2D eigenvalue weighted by Gasteiger charge is 2.34. The van der Waals surface area contributed by atoms with Gasteiger partial charge in [-0.2, -0.15) is 9.69 Å². The van der Waals surface area contributed by atoms with Crippen molar-refractivity contribution in [2.45, 2.75) is 0 Å². The van der Waals surface area contributed by atoms with Crippen LogP contribution in [-0.4, -0.2) is 26.6 Å². The number of benzene rings is 2. The Bertz CT molecular complexity index is 1070. The zero-order valence-electron chi connectivity index (χ0n) is 12.7. The first kappa shape index (κ1) is 16.3. The molecule has 1 saturated heterocycles. The molecule has 0 aliphatic carbocycles. The normalized spacial score (nSPS) is 14.5. The van der Waals surface area contributed by atoms with Crippen LogP contribution in [0.5, 0.6) is 0 Å². The molecule has 0 atom stereocenters. The molecule has 6 nitrogen and oxygen atoms in total. The van der Waals surface area contributed by atoms with Gasteiger partial charge in [-0.05, 0) is 40.8 Å². The van der Waals surface area contributed by atoms with Crippen LogP contribution in [0, 0.1) is 3.57 Å². The summed E-state index contributed by atoms with van der Waals surface area (Å²) in [6.07, 6.45) is 0. The van der Waals surface area contributed by atoms with Gasteiger partial charge in [0.05, 0.1) is 16.7 Å². The molecule has 2 heterocycles. The predicted octanol–water partition coefficient (Wildman–Crippen LogP) is 3.00. The zero-order valence-corrected chi connectivity index (χ0v) is 15.7. The van der Waals surface area contributed by atoms with Crippen molar-refractivity contribution in [1.29, 1.82) is 0 Å². The van der Waals surface area contributed by atoms with E-state index in [9.17, 15) is 14.4 Å². The van der Waals surface area contributed by atoms with Crippen LogP contribution in [0.25, 0.3) is 22.3 Å². The Morgan fingerprint density at radius 1 is 1.04 bits per heavy atom. The van der Waals surface area contributed by atoms with Crippen molar-refractivity contribution in [3.8, 4) is 11.4 Å². The monoisotopic (exact) mass is 463 g/mol. The first-order valence-electron chi connectivity index (χ1n) is 7.34. The number of rotatable bonds is 2. The van der Waals surface area contributed by atoms with Crippen molar-refractivity contribution in [3.05, 3.63) is 62.5 Å². The van der Waals surface area contributed by atoms with E-state index in [1.807, 2.05) is 24.3 Å². The van der Waals surface area contributed by atoms with Crippen LogP contribution in [-0.2, 0) is 4.79 Å². The maximum atomic E-state index is 13.1. The topological polar surface area (TPSA) is 72.3 Å². The molecule has 0 unspecified atom stereocenters. The molecule has 2 aromatic carbocycles. The minimum absolute atomic E-state index is 0.0177. The van der Waals surface area contributed by atoms with Gasteiger partial charge in [-0.25, -0.2) is 4.98 Å². The third kappa shape index (κ3) is 2.74. The summed E-state index contributed by atoms with van der Waals surface area (Å²) < 4.78 is 1.97. The van der Waals surface area contributed by atoms with E-state index in [4.69, 9.17) is 0 Å². The lowest BCUT2D eigenvalue weighted by molar-refractivity contribution is -0.116. The first-order chi connectivity index (χ1) is 12.1. The molecular formula is C17H10IN3O3S. The molecule has 0 spiro atoms. The number of carbonyl (C=O) groups excluding carboxylic acids is 2. The van der Waals surface area contributed by atoms with Gasteiger partial charge in [-0.15, -0.1) is 0 Å². The van der Waals surface area contributed by atoms with E-state index in [2.05, 4.69) is 27.6 Å². The Morgan fingerprint density at radius 2 is 1.80 bits per heavy atom. The lowest BCUT2D eigenvalue weighted by Crippen LogP contribution is -2.46. The third-order valence-electron chi connectivity index (χ3n) is 3.77. The molecule has 0 N–H and O–H groups in total. The van der Waals surface area contributed by atoms with Gasteiger partial charge >= 0.3 is 5.24 Å². The second kappa shape index (κ2) is 6.26. The summed E-state index contributed by atoms with van der Waals surface area (Å²) in [6.45, 7) is 0. The van der Waals surface area contributed by atoms with Gasteiger partial charge in [0, 0.05) is 9.13 Å². The molecule has 1 fully saturated rings. The number of hydrogen-bond acceptors (Lipinski definition) is 5. The zero-order chi connectivity index (χ0) is 17.6. The second-order valence-corrected chi connectivity index (χ2v) is 7.51. The SMILES string of the molecule is O=C1CSC(=O)N1n1c(-c2ccccc2)nc2ccc(I)cc2c1=O. The van der Waals surface area contributed by atoms with E-state index in [1.165, 1.54) is 0 Å². The fourth-order valence-electron chi connectivity index (χ4n) is 2.65. The molecule has 2 amide bonds. The number of imide groups is 1. The Kier molecular flexibility index (Phi) is 4.08. The number of thioether (sulfide) groups is 1. The lowest BCUT2D eigenvalue weighted by atomic mass is 10.2. The van der Waals surface area contributed by atoms with Gasteiger partial charge in [0.25, 0.3) is 11.5 Å². The molecule has 1 aliphatic heterocycles. The Hall–Kier alpha value is -2.20. The van der Waals surface area contributed by atoms with Gasteiger partial charge in [-0.3, -0.25) is 14.4 Å². The highest BCUT2D eigenvalue weighted by atomic mass is 127. The minimum atomic E-state index is -0.476. The van der Waals surface area contributed by atoms with Gasteiger partial charge in [0.2, 0.25) is 0 Å². The summed E-state index contributed by atoms with van der Waals surface area (Å²) in [6, 6.07) is 14.4. The Labute approximate surface area is 160 Å². The van der Waals surface area contributed by atoms with Crippen LogP contribution in [0.3, 0.4) is 0 Å². The van der Waals surface area contributed by atoms with Crippen molar-refractivity contribution in [2.75, 3.05) is 10.8 Å². The van der Waals surface area contributed by atoms with Crippen LogP contribution in [0.15, 0.2) is 53.3 Å². The lowest BCUT2D eigenvalue weighted by Gasteiger charge is -2.20. The molecule has 0 saturated carbocycles. The Balaban J connectivity index is 2.10. The van der Waals surface area contributed by atoms with E-state index < -0.39 is 16.7 Å². The maximum absolute atomic E-state index is 13.1. The molecule has 25 heavy (non-hydrogen) atoms. The van der Waals surface area contributed by atoms with Crippen molar-refractivity contribution in [1.82, 2.24) is 9.66 Å². The fraction of sp³-hybridized carbons (Fsp3) is 0.0588. The number of nitrogens with zero attached hydrogens (tertiary/aromatic N) is 3. The smallest absolute Gasteiger partial charge is 0.271 e. The quantitative estimate of drug-likeness (QED) is 0.547. The number of carbonyl (C=O) groups is 2. The summed E-state index contributed by atoms with van der Waals surface area (Å²) in [5.74, 6) is -0.145. The molecular weight excluding hydrogens is 453 g/mol. The second-order valence-electron chi connectivity index (χ2n) is 5.34. The molecule has 3 aromatic rings. The summed E-state index contributed by atoms with van der Waals surface area (Å²) in [5.41, 5.74) is 0.733. The van der Waals surface area contributed by atoms with E-state index in [0.717, 1.165) is 25.0 Å². The summed E-state index contributed by atoms with van der Waals surface area (Å²) in [7, 11) is 0. The van der Waals surface area contributed by atoms with E-state index in [0.29, 0.717) is 16.5 Å². The van der Waals surface area contributed by atoms with Crippen LogP contribution >= 0.6 is 34.4 Å². The number of fused-ring (bicyclic) bond motifs is 1. The third-order valence-corrected chi connectivity index (χ3v) is 5.25. The Morgan fingerprint density at radius 3 is 2.48 bits per heavy atom. The highest BCUT2D eigenvalue weighted by Crippen LogP contribution is 2.24. The molecule has 4 rings (SSSR count). The van der Waals surface area contributed by atoms with Gasteiger partial charge in [0.15, 0.2) is 5.82 Å². The minimum Gasteiger partial charge on any atom is -0.271 e. The molecule has 1 aliphatic rings. The first-order valence-corrected chi connectivity index (χ1v) is 9.40. The highest BCUT2D eigenvalue weighted by molar-refractivity contribution is 14.1. The molecule has 0 bridgehead atoms. The summed E-state index contributed by atoms with van der Waals surface area (Å²) in [4.78, 5) is 42.1. The number of hydrogen-bond donors (Lipinski definition) is 0. The van der Waals surface area contributed by atoms with Crippen LogP contribution < -0.4 is 10.6 Å². The van der Waals surface area contributed by atoms with Gasteiger partial charge < -0.3 is 0 Å². The van der Waals surface area contributed by atoms with Crippen LogP contribution in [0.4, 0.5) is 4.79 Å². The molecule has 0 radical (unpaired) electrons. The fourth-order valence-corrected chi connectivity index (χ4v) is 3.82. The average molecular weight is 463 g/mol. The molecule has 124 valence electrons. The van der Waals surface area contributed by atoms with Crippen LogP contribution in [0.1, 0.15) is 0 Å². The molecule has 8 heteroatoms. The molecule has 1 aromatic heterocycles. The van der Waals surface area contributed by atoms with Crippen LogP contribution in [0.2, 0.25) is 0 Å². The average Bonchev–Trinajstić information content (AvgIpc) is 2.95. The largest absolute Gasteiger partial charge is 0.308 e. The summed E-state index contributed by atoms with van der Waals surface area (Å²) in [5, 5.41) is 0.780. The van der Waals surface area contributed by atoms with E-state index in [-0.39, 0.29) is 11.6 Å². The van der Waals surface area contributed by atoms with Gasteiger partial charge in [-0.1, -0.05) is 42.1 Å². The predicted molar refractivity (Wildman–Crippen MR) is 105 cm³/mol. The maximum Gasteiger partial charge on any atom is 0.308 e. The number of amides is 2. The van der Waals surface area contributed by atoms with Crippen molar-refractivity contribution < 1.29 is 9.59 Å². The van der Waals surface area contributed by atoms with Gasteiger partial charge in [0.1, 0.15) is 0 Å². The number of aromatic nitrogens is 2. The van der Waals surface area contributed by atoms with Crippen molar-refractivity contribution in [3.63, 3.8) is 0 Å². The number of halogens is 1. The van der Waals surface area contributed by atoms with Crippen molar-refractivity contribution >= 4 is 56.4 Å². The standard InChI is InChI=1S/C17H10IN3O3S/c18-11-6-7-13-12(8-11)16(23)21(20-14(22)9-25-17(20)24)15(19-13)10-4-2-1-3-5-10/h1-8H,9H2.